The number of benzene rings is 1. The molecule has 78 valence electrons. The molecule has 1 heterocycles. The van der Waals surface area contributed by atoms with Gasteiger partial charge in [-0.2, -0.15) is 4.98 Å². The Balaban J connectivity index is 2.47. The Morgan fingerprint density at radius 2 is 2.40 bits per heavy atom. The van der Waals surface area contributed by atoms with Crippen molar-refractivity contribution in [3.8, 4) is 5.75 Å². The summed E-state index contributed by atoms with van der Waals surface area (Å²) in [5.41, 5.74) is 0.624. The van der Waals surface area contributed by atoms with E-state index in [4.69, 9.17) is 9.15 Å². The standard InChI is InChI=1S/C10H9NO4/c1-2-14-10(13)9-11-8-6(12)4-3-5-7(8)15-9/h3-5,12H,2H2,1H3. The Kier molecular flexibility index (Phi) is 2.29. The summed E-state index contributed by atoms with van der Waals surface area (Å²) < 4.78 is 9.84. The Labute approximate surface area is 85.3 Å². The second-order valence-electron chi connectivity index (χ2n) is 2.86. The first-order chi connectivity index (χ1) is 7.22. The molecule has 0 aliphatic rings. The van der Waals surface area contributed by atoms with Gasteiger partial charge in [0.25, 0.3) is 0 Å². The van der Waals surface area contributed by atoms with Crippen molar-refractivity contribution in [3.05, 3.63) is 24.1 Å². The molecule has 0 amide bonds. The van der Waals surface area contributed by atoms with Crippen molar-refractivity contribution in [2.75, 3.05) is 6.61 Å². The van der Waals surface area contributed by atoms with E-state index >= 15 is 0 Å². The first kappa shape index (κ1) is 9.51. The van der Waals surface area contributed by atoms with Crippen LogP contribution in [0.1, 0.15) is 17.6 Å². The van der Waals surface area contributed by atoms with Crippen molar-refractivity contribution >= 4 is 17.1 Å². The van der Waals surface area contributed by atoms with Gasteiger partial charge in [0.05, 0.1) is 6.61 Å². The summed E-state index contributed by atoms with van der Waals surface area (Å²) in [4.78, 5) is 15.1. The Hall–Kier alpha value is -2.04. The summed E-state index contributed by atoms with van der Waals surface area (Å²) in [7, 11) is 0. The number of hydrogen-bond acceptors (Lipinski definition) is 5. The maximum Gasteiger partial charge on any atom is 0.394 e. The first-order valence-corrected chi connectivity index (χ1v) is 4.48. The SMILES string of the molecule is CCOC(=O)c1nc2c(O)cccc2o1. The van der Waals surface area contributed by atoms with E-state index < -0.39 is 5.97 Å². The van der Waals surface area contributed by atoms with Crippen LogP contribution in [-0.4, -0.2) is 22.7 Å². The Morgan fingerprint density at radius 1 is 1.60 bits per heavy atom. The average molecular weight is 207 g/mol. The van der Waals surface area contributed by atoms with Crippen molar-refractivity contribution in [2.24, 2.45) is 0 Å². The van der Waals surface area contributed by atoms with Crippen LogP contribution >= 0.6 is 0 Å². The zero-order valence-corrected chi connectivity index (χ0v) is 8.06. The molecule has 0 saturated carbocycles. The molecule has 15 heavy (non-hydrogen) atoms. The Bertz CT molecular complexity index is 503. The summed E-state index contributed by atoms with van der Waals surface area (Å²) >= 11 is 0. The number of esters is 1. The molecule has 2 aromatic rings. The number of oxazole rings is 1. The molecule has 1 N–H and O–H groups in total. The van der Waals surface area contributed by atoms with Gasteiger partial charge in [0.15, 0.2) is 11.1 Å². The second kappa shape index (κ2) is 3.61. The molecule has 1 aromatic heterocycles. The lowest BCUT2D eigenvalue weighted by Gasteiger charge is -1.94. The van der Waals surface area contributed by atoms with Gasteiger partial charge in [0.2, 0.25) is 0 Å². The number of phenols is 1. The average Bonchev–Trinajstić information content (AvgIpc) is 2.63. The van der Waals surface area contributed by atoms with Crippen molar-refractivity contribution in [3.63, 3.8) is 0 Å². The van der Waals surface area contributed by atoms with Gasteiger partial charge < -0.3 is 14.3 Å². The van der Waals surface area contributed by atoms with E-state index in [1.54, 1.807) is 19.1 Å². The molecule has 0 bridgehead atoms. The number of carbonyl (C=O) groups excluding carboxylic acids is 1. The lowest BCUT2D eigenvalue weighted by Crippen LogP contribution is -2.04. The van der Waals surface area contributed by atoms with Gasteiger partial charge >= 0.3 is 11.9 Å². The minimum absolute atomic E-state index is 0.0215. The molecular weight excluding hydrogens is 198 g/mol. The fourth-order valence-electron chi connectivity index (χ4n) is 1.21. The maximum atomic E-state index is 11.3. The molecule has 0 spiro atoms. The molecule has 0 unspecified atom stereocenters. The van der Waals surface area contributed by atoms with E-state index in [9.17, 15) is 9.90 Å². The van der Waals surface area contributed by atoms with Crippen molar-refractivity contribution in [1.82, 2.24) is 4.98 Å². The number of hydrogen-bond donors (Lipinski definition) is 1. The number of aromatic nitrogens is 1. The molecule has 0 fully saturated rings. The van der Waals surface area contributed by atoms with Crippen molar-refractivity contribution in [2.45, 2.75) is 6.92 Å². The normalized spacial score (nSPS) is 10.5. The third kappa shape index (κ3) is 1.63. The molecule has 0 saturated heterocycles. The largest absolute Gasteiger partial charge is 0.506 e. The molecule has 5 heteroatoms. The minimum atomic E-state index is -0.631. The van der Waals surface area contributed by atoms with E-state index in [0.29, 0.717) is 5.58 Å². The number of ether oxygens (including phenoxy) is 1. The van der Waals surface area contributed by atoms with E-state index in [-0.39, 0.29) is 23.8 Å². The van der Waals surface area contributed by atoms with Crippen molar-refractivity contribution in [1.29, 1.82) is 0 Å². The molecule has 2 rings (SSSR count). The van der Waals surface area contributed by atoms with E-state index in [2.05, 4.69) is 4.98 Å². The van der Waals surface area contributed by atoms with Gasteiger partial charge in [-0.1, -0.05) is 6.07 Å². The summed E-state index contributed by atoms with van der Waals surface area (Å²) in [6, 6.07) is 4.70. The second-order valence-corrected chi connectivity index (χ2v) is 2.86. The van der Waals surface area contributed by atoms with E-state index in [1.807, 2.05) is 0 Å². The third-order valence-corrected chi connectivity index (χ3v) is 1.85. The quantitative estimate of drug-likeness (QED) is 0.759. The van der Waals surface area contributed by atoms with Gasteiger partial charge in [-0.3, -0.25) is 0 Å². The van der Waals surface area contributed by atoms with Crippen LogP contribution in [0.2, 0.25) is 0 Å². The van der Waals surface area contributed by atoms with Crippen LogP contribution in [0.15, 0.2) is 22.6 Å². The fraction of sp³-hybridized carbons (Fsp3) is 0.200. The van der Waals surface area contributed by atoms with Crippen LogP contribution < -0.4 is 0 Å². The smallest absolute Gasteiger partial charge is 0.394 e. The number of phenolic OH excluding ortho intramolecular Hbond substituents is 1. The fourth-order valence-corrected chi connectivity index (χ4v) is 1.21. The molecule has 0 atom stereocenters. The maximum absolute atomic E-state index is 11.3. The van der Waals surface area contributed by atoms with Crippen LogP contribution in [-0.2, 0) is 4.74 Å². The molecule has 0 radical (unpaired) electrons. The van der Waals surface area contributed by atoms with Crippen molar-refractivity contribution < 1.29 is 19.1 Å². The highest BCUT2D eigenvalue weighted by Crippen LogP contribution is 2.24. The predicted molar refractivity (Wildman–Crippen MR) is 51.6 cm³/mol. The van der Waals surface area contributed by atoms with Gasteiger partial charge in [-0.25, -0.2) is 4.79 Å². The number of rotatable bonds is 2. The number of aromatic hydroxyl groups is 1. The lowest BCUT2D eigenvalue weighted by molar-refractivity contribution is 0.0483. The zero-order chi connectivity index (χ0) is 10.8. The van der Waals surface area contributed by atoms with Gasteiger partial charge in [-0.15, -0.1) is 0 Å². The highest BCUT2D eigenvalue weighted by Gasteiger charge is 2.16. The third-order valence-electron chi connectivity index (χ3n) is 1.85. The molecule has 1 aromatic carbocycles. The summed E-state index contributed by atoms with van der Waals surface area (Å²) in [6.07, 6.45) is 0. The number of para-hydroxylation sites is 1. The lowest BCUT2D eigenvalue weighted by atomic mass is 10.3. The number of fused-ring (bicyclic) bond motifs is 1. The summed E-state index contributed by atoms with van der Waals surface area (Å²) in [5, 5.41) is 9.42. The van der Waals surface area contributed by atoms with Crippen LogP contribution in [0.5, 0.6) is 5.75 Å². The highest BCUT2D eigenvalue weighted by atomic mass is 16.5. The van der Waals surface area contributed by atoms with Gasteiger partial charge in [0, 0.05) is 0 Å². The van der Waals surface area contributed by atoms with Crippen LogP contribution in [0, 0.1) is 0 Å². The minimum Gasteiger partial charge on any atom is -0.506 e. The zero-order valence-electron chi connectivity index (χ0n) is 8.06. The monoisotopic (exact) mass is 207 g/mol. The van der Waals surface area contributed by atoms with Crippen LogP contribution in [0.3, 0.4) is 0 Å². The summed E-state index contributed by atoms with van der Waals surface area (Å²) in [5.74, 6) is -0.798. The molecule has 0 aliphatic heterocycles. The van der Waals surface area contributed by atoms with E-state index in [0.717, 1.165) is 0 Å². The topological polar surface area (TPSA) is 72.6 Å². The van der Waals surface area contributed by atoms with Gasteiger partial charge in [0.1, 0.15) is 5.75 Å². The Morgan fingerprint density at radius 3 is 3.07 bits per heavy atom. The van der Waals surface area contributed by atoms with E-state index in [1.165, 1.54) is 6.07 Å². The first-order valence-electron chi connectivity index (χ1n) is 4.48. The van der Waals surface area contributed by atoms with Crippen LogP contribution in [0.25, 0.3) is 11.1 Å². The van der Waals surface area contributed by atoms with Gasteiger partial charge in [-0.05, 0) is 19.1 Å². The number of carbonyl (C=O) groups is 1. The molecule has 5 nitrogen and oxygen atoms in total. The predicted octanol–water partition coefficient (Wildman–Crippen LogP) is 1.71. The molecular formula is C10H9NO4. The number of nitrogens with zero attached hydrogens (tertiary/aromatic N) is 1. The van der Waals surface area contributed by atoms with Crippen LogP contribution in [0.4, 0.5) is 0 Å². The highest BCUT2D eigenvalue weighted by molar-refractivity contribution is 5.89. The summed E-state index contributed by atoms with van der Waals surface area (Å²) in [6.45, 7) is 1.95. The molecule has 0 aliphatic carbocycles.